The zero-order chi connectivity index (χ0) is 13.7. The molecule has 0 spiro atoms. The molecule has 100 valence electrons. The van der Waals surface area contributed by atoms with E-state index in [2.05, 4.69) is 15.7 Å². The molecule has 1 atom stereocenters. The lowest BCUT2D eigenvalue weighted by atomic mass is 10.3. The van der Waals surface area contributed by atoms with E-state index < -0.39 is 0 Å². The number of hydrogen-bond acceptors (Lipinski definition) is 3. The minimum atomic E-state index is -0.191. The highest BCUT2D eigenvalue weighted by Gasteiger charge is 2.09. The van der Waals surface area contributed by atoms with E-state index in [9.17, 15) is 4.79 Å². The fourth-order valence-electron chi connectivity index (χ4n) is 1.65. The molecular weight excluding hydrogens is 240 g/mol. The smallest absolute Gasteiger partial charge is 0.237 e. The van der Waals surface area contributed by atoms with Gasteiger partial charge in [-0.05, 0) is 26.1 Å². The summed E-state index contributed by atoms with van der Waals surface area (Å²) < 4.78 is 1.79. The Labute approximate surface area is 112 Å². The van der Waals surface area contributed by atoms with Gasteiger partial charge in [-0.15, -0.1) is 0 Å². The van der Waals surface area contributed by atoms with Crippen LogP contribution in [0.25, 0.3) is 5.69 Å². The van der Waals surface area contributed by atoms with Crippen molar-refractivity contribution in [1.29, 1.82) is 0 Å². The van der Waals surface area contributed by atoms with Crippen LogP contribution < -0.4 is 10.6 Å². The number of hydrogen-bond donors (Lipinski definition) is 2. The molecule has 0 radical (unpaired) electrons. The Kier molecular flexibility index (Phi) is 4.30. The summed E-state index contributed by atoms with van der Waals surface area (Å²) in [6.45, 7) is 2.31. The van der Waals surface area contributed by atoms with Crippen LogP contribution in [-0.2, 0) is 11.3 Å². The van der Waals surface area contributed by atoms with E-state index >= 15 is 0 Å². The molecule has 5 nitrogen and oxygen atoms in total. The largest absolute Gasteiger partial charge is 0.351 e. The molecule has 0 aliphatic carbocycles. The number of carbonyl (C=O) groups is 1. The maximum Gasteiger partial charge on any atom is 0.237 e. The topological polar surface area (TPSA) is 59.0 Å². The second-order valence-electron chi connectivity index (χ2n) is 4.36. The van der Waals surface area contributed by atoms with Crippen molar-refractivity contribution in [3.8, 4) is 5.69 Å². The number of aromatic nitrogens is 2. The summed E-state index contributed by atoms with van der Waals surface area (Å²) in [5, 5.41) is 10.0. The maximum atomic E-state index is 11.6. The van der Waals surface area contributed by atoms with Crippen LogP contribution in [0.15, 0.2) is 42.7 Å². The molecule has 2 aromatic rings. The average molecular weight is 258 g/mol. The number of carbonyl (C=O) groups excluding carboxylic acids is 1. The van der Waals surface area contributed by atoms with Gasteiger partial charge in [0.1, 0.15) is 0 Å². The predicted molar refractivity (Wildman–Crippen MR) is 73.9 cm³/mol. The lowest BCUT2D eigenvalue weighted by molar-refractivity contribution is -0.122. The monoisotopic (exact) mass is 258 g/mol. The minimum Gasteiger partial charge on any atom is -0.351 e. The van der Waals surface area contributed by atoms with Crippen LogP contribution in [0.3, 0.4) is 0 Å². The highest BCUT2D eigenvalue weighted by Crippen LogP contribution is 2.07. The van der Waals surface area contributed by atoms with Crippen LogP contribution >= 0.6 is 0 Å². The van der Waals surface area contributed by atoms with Gasteiger partial charge in [-0.2, -0.15) is 5.10 Å². The van der Waals surface area contributed by atoms with Crippen LogP contribution in [0, 0.1) is 0 Å². The quantitative estimate of drug-likeness (QED) is 0.844. The zero-order valence-corrected chi connectivity index (χ0v) is 11.1. The molecule has 0 aliphatic rings. The first-order valence-corrected chi connectivity index (χ1v) is 6.24. The van der Waals surface area contributed by atoms with Gasteiger partial charge in [-0.3, -0.25) is 4.79 Å². The fourth-order valence-corrected chi connectivity index (χ4v) is 1.65. The van der Waals surface area contributed by atoms with Crippen LogP contribution in [0.1, 0.15) is 12.5 Å². The second kappa shape index (κ2) is 6.15. The molecule has 0 bridgehead atoms. The summed E-state index contributed by atoms with van der Waals surface area (Å²) in [6.07, 6.45) is 3.68. The lowest BCUT2D eigenvalue weighted by Crippen LogP contribution is -2.39. The molecule has 1 heterocycles. The van der Waals surface area contributed by atoms with E-state index in [-0.39, 0.29) is 11.9 Å². The van der Waals surface area contributed by atoms with Crippen molar-refractivity contribution in [2.24, 2.45) is 0 Å². The molecule has 2 N–H and O–H groups in total. The van der Waals surface area contributed by atoms with Crippen LogP contribution in [0.2, 0.25) is 0 Å². The van der Waals surface area contributed by atoms with Crippen molar-refractivity contribution < 1.29 is 4.79 Å². The van der Waals surface area contributed by atoms with Crippen molar-refractivity contribution >= 4 is 5.91 Å². The predicted octanol–water partition coefficient (Wildman–Crippen LogP) is 1.10. The standard InChI is InChI=1S/C14H18N4O/c1-11(15-2)14(19)16-8-12-9-17-18(10-12)13-6-4-3-5-7-13/h3-7,9-11,15H,8H2,1-2H3,(H,16,19). The van der Waals surface area contributed by atoms with Gasteiger partial charge in [0.05, 0.1) is 17.9 Å². The van der Waals surface area contributed by atoms with E-state index in [0.29, 0.717) is 6.54 Å². The van der Waals surface area contributed by atoms with Crippen molar-refractivity contribution in [1.82, 2.24) is 20.4 Å². The molecule has 1 aromatic carbocycles. The van der Waals surface area contributed by atoms with E-state index in [4.69, 9.17) is 0 Å². The Hall–Kier alpha value is -2.14. The van der Waals surface area contributed by atoms with Gasteiger partial charge in [-0.25, -0.2) is 4.68 Å². The first kappa shape index (κ1) is 13.3. The van der Waals surface area contributed by atoms with Gasteiger partial charge in [-0.1, -0.05) is 18.2 Å². The van der Waals surface area contributed by atoms with Gasteiger partial charge < -0.3 is 10.6 Å². The van der Waals surface area contributed by atoms with Crippen LogP contribution in [0.5, 0.6) is 0 Å². The molecule has 19 heavy (non-hydrogen) atoms. The number of amides is 1. The molecule has 0 saturated heterocycles. The highest BCUT2D eigenvalue weighted by molar-refractivity contribution is 5.81. The van der Waals surface area contributed by atoms with E-state index in [1.165, 1.54) is 0 Å². The lowest BCUT2D eigenvalue weighted by Gasteiger charge is -2.09. The SMILES string of the molecule is CNC(C)C(=O)NCc1cnn(-c2ccccc2)c1. The Morgan fingerprint density at radius 2 is 2.11 bits per heavy atom. The first-order chi connectivity index (χ1) is 9.20. The molecule has 1 amide bonds. The Balaban J connectivity index is 1.97. The molecule has 5 heteroatoms. The van der Waals surface area contributed by atoms with E-state index in [1.54, 1.807) is 17.9 Å². The fraction of sp³-hybridized carbons (Fsp3) is 0.286. The summed E-state index contributed by atoms with van der Waals surface area (Å²) in [5.41, 5.74) is 1.98. The van der Waals surface area contributed by atoms with Crippen molar-refractivity contribution in [2.45, 2.75) is 19.5 Å². The number of para-hydroxylation sites is 1. The van der Waals surface area contributed by atoms with Crippen LogP contribution in [0.4, 0.5) is 0 Å². The Morgan fingerprint density at radius 3 is 2.79 bits per heavy atom. The molecule has 2 rings (SSSR count). The number of nitrogens with one attached hydrogen (secondary N) is 2. The van der Waals surface area contributed by atoms with Gasteiger partial charge in [0.2, 0.25) is 5.91 Å². The first-order valence-electron chi connectivity index (χ1n) is 6.24. The Bertz CT molecular complexity index is 535. The third kappa shape index (κ3) is 3.42. The number of likely N-dealkylation sites (N-methyl/N-ethyl adjacent to an activating group) is 1. The minimum absolute atomic E-state index is 0.0186. The zero-order valence-electron chi connectivity index (χ0n) is 11.1. The molecule has 0 aliphatic heterocycles. The van der Waals surface area contributed by atoms with Gasteiger partial charge >= 0.3 is 0 Å². The van der Waals surface area contributed by atoms with Crippen molar-refractivity contribution in [2.75, 3.05) is 7.05 Å². The summed E-state index contributed by atoms with van der Waals surface area (Å²) >= 11 is 0. The third-order valence-corrected chi connectivity index (χ3v) is 2.95. The van der Waals surface area contributed by atoms with Gasteiger partial charge in [0.25, 0.3) is 0 Å². The number of benzene rings is 1. The second-order valence-corrected chi connectivity index (χ2v) is 4.36. The van der Waals surface area contributed by atoms with Gasteiger partial charge in [0, 0.05) is 18.3 Å². The average Bonchev–Trinajstić information content (AvgIpc) is 2.93. The van der Waals surface area contributed by atoms with Crippen LogP contribution in [-0.4, -0.2) is 28.8 Å². The van der Waals surface area contributed by atoms with Gasteiger partial charge in [0.15, 0.2) is 0 Å². The number of nitrogens with zero attached hydrogens (tertiary/aromatic N) is 2. The number of rotatable bonds is 5. The molecule has 0 saturated carbocycles. The normalized spacial score (nSPS) is 12.1. The maximum absolute atomic E-state index is 11.6. The summed E-state index contributed by atoms with van der Waals surface area (Å²) in [7, 11) is 1.76. The molecule has 1 unspecified atom stereocenters. The molecular formula is C14H18N4O. The van der Waals surface area contributed by atoms with Crippen molar-refractivity contribution in [3.05, 3.63) is 48.3 Å². The summed E-state index contributed by atoms with van der Waals surface area (Å²) in [4.78, 5) is 11.6. The van der Waals surface area contributed by atoms with E-state index in [1.807, 2.05) is 43.5 Å². The molecule has 1 aromatic heterocycles. The van der Waals surface area contributed by atoms with Crippen molar-refractivity contribution in [3.63, 3.8) is 0 Å². The third-order valence-electron chi connectivity index (χ3n) is 2.95. The van der Waals surface area contributed by atoms with E-state index in [0.717, 1.165) is 11.3 Å². The molecule has 0 fully saturated rings. The highest BCUT2D eigenvalue weighted by atomic mass is 16.2. The summed E-state index contributed by atoms with van der Waals surface area (Å²) in [6, 6.07) is 9.67. The summed E-state index contributed by atoms with van der Waals surface area (Å²) in [5.74, 6) is -0.0186. The Morgan fingerprint density at radius 1 is 1.37 bits per heavy atom.